The lowest BCUT2D eigenvalue weighted by molar-refractivity contribution is -0.139. The van der Waals surface area contributed by atoms with E-state index in [0.717, 1.165) is 0 Å². The lowest BCUT2D eigenvalue weighted by Crippen LogP contribution is -2.11. The maximum absolute atomic E-state index is 13.3. The van der Waals surface area contributed by atoms with E-state index in [1.807, 2.05) is 0 Å². The molecular formula is C12H14F2O2. The zero-order valence-electron chi connectivity index (χ0n) is 9.30. The number of benzene rings is 1. The van der Waals surface area contributed by atoms with Gasteiger partial charge in [0.15, 0.2) is 0 Å². The Bertz CT molecular complexity index is 358. The molecule has 0 spiro atoms. The summed E-state index contributed by atoms with van der Waals surface area (Å²) >= 11 is 0. The van der Waals surface area contributed by atoms with Crippen molar-refractivity contribution in [2.24, 2.45) is 0 Å². The van der Waals surface area contributed by atoms with Crippen LogP contribution in [0.1, 0.15) is 24.5 Å². The fraction of sp³-hybridized carbons (Fsp3) is 0.417. The van der Waals surface area contributed by atoms with Gasteiger partial charge in [-0.05, 0) is 5.56 Å². The van der Waals surface area contributed by atoms with Gasteiger partial charge in [0.25, 0.3) is 5.92 Å². The average Bonchev–Trinajstić information content (AvgIpc) is 2.29. The van der Waals surface area contributed by atoms with Crippen LogP contribution in [-0.4, -0.2) is 13.1 Å². The molecule has 0 N–H and O–H groups in total. The summed E-state index contributed by atoms with van der Waals surface area (Å²) in [5, 5.41) is 0. The number of alkyl halides is 2. The van der Waals surface area contributed by atoms with Gasteiger partial charge in [0.1, 0.15) is 0 Å². The van der Waals surface area contributed by atoms with Crippen molar-refractivity contribution in [3.63, 3.8) is 0 Å². The molecule has 0 atom stereocenters. The second-order valence-corrected chi connectivity index (χ2v) is 3.51. The summed E-state index contributed by atoms with van der Waals surface area (Å²) in [6, 6.07) is 5.75. The van der Waals surface area contributed by atoms with Crippen molar-refractivity contribution >= 4 is 5.97 Å². The minimum Gasteiger partial charge on any atom is -0.469 e. The molecule has 1 aromatic rings. The van der Waals surface area contributed by atoms with Gasteiger partial charge in [-0.3, -0.25) is 4.79 Å². The van der Waals surface area contributed by atoms with Crippen LogP contribution in [0.25, 0.3) is 0 Å². The van der Waals surface area contributed by atoms with Crippen molar-refractivity contribution in [3.05, 3.63) is 35.4 Å². The molecule has 0 radical (unpaired) electrons. The summed E-state index contributed by atoms with van der Waals surface area (Å²) in [6.07, 6.45) is -0.127. The first-order valence-corrected chi connectivity index (χ1v) is 5.03. The Kier molecular flexibility index (Phi) is 3.99. The highest BCUT2D eigenvalue weighted by molar-refractivity contribution is 5.72. The van der Waals surface area contributed by atoms with Gasteiger partial charge in [-0.25, -0.2) is 8.78 Å². The molecule has 0 aliphatic carbocycles. The number of carbonyl (C=O) groups is 1. The molecule has 16 heavy (non-hydrogen) atoms. The normalized spacial score (nSPS) is 11.2. The van der Waals surface area contributed by atoms with Crippen LogP contribution < -0.4 is 0 Å². The number of ether oxygens (including phenoxy) is 1. The largest absolute Gasteiger partial charge is 0.469 e. The Hall–Kier alpha value is -1.45. The molecular weight excluding hydrogens is 214 g/mol. The second-order valence-electron chi connectivity index (χ2n) is 3.51. The zero-order valence-corrected chi connectivity index (χ0v) is 9.30. The van der Waals surface area contributed by atoms with Crippen molar-refractivity contribution < 1.29 is 18.3 Å². The van der Waals surface area contributed by atoms with Crippen molar-refractivity contribution in [3.8, 4) is 0 Å². The number of methoxy groups -OCH3 is 1. The van der Waals surface area contributed by atoms with E-state index in [9.17, 15) is 13.6 Å². The Labute approximate surface area is 93.2 Å². The summed E-state index contributed by atoms with van der Waals surface area (Å²) in [5.74, 6) is -3.18. The molecule has 0 aromatic heterocycles. The van der Waals surface area contributed by atoms with Crippen LogP contribution >= 0.6 is 0 Å². The highest BCUT2D eigenvalue weighted by atomic mass is 19.3. The van der Waals surface area contributed by atoms with Crippen molar-refractivity contribution in [2.75, 3.05) is 7.11 Å². The molecule has 1 rings (SSSR count). The number of carbonyl (C=O) groups excluding carboxylic acids is 1. The van der Waals surface area contributed by atoms with Crippen molar-refractivity contribution in [1.82, 2.24) is 0 Å². The lowest BCUT2D eigenvalue weighted by atomic mass is 10.0. The molecule has 0 fully saturated rings. The Morgan fingerprint density at radius 3 is 2.31 bits per heavy atom. The van der Waals surface area contributed by atoms with Crippen LogP contribution in [0.15, 0.2) is 24.3 Å². The standard InChI is InChI=1S/C12H14F2O2/c1-3-12(13,14)10-6-4-9(5-7-10)8-11(15)16-2/h4-7H,3,8H2,1-2H3. The Balaban J connectivity index is 2.79. The molecule has 2 nitrogen and oxygen atoms in total. The summed E-state index contributed by atoms with van der Waals surface area (Å²) in [6.45, 7) is 1.43. The van der Waals surface area contributed by atoms with Gasteiger partial charge in [0.05, 0.1) is 13.5 Å². The van der Waals surface area contributed by atoms with E-state index in [2.05, 4.69) is 4.74 Å². The maximum atomic E-state index is 13.3. The van der Waals surface area contributed by atoms with E-state index < -0.39 is 5.92 Å². The topological polar surface area (TPSA) is 26.3 Å². The third kappa shape index (κ3) is 3.02. The highest BCUT2D eigenvalue weighted by Crippen LogP contribution is 2.31. The maximum Gasteiger partial charge on any atom is 0.309 e. The Morgan fingerprint density at radius 1 is 1.31 bits per heavy atom. The molecule has 0 bridgehead atoms. The molecule has 1 aromatic carbocycles. The molecule has 0 aliphatic heterocycles. The Morgan fingerprint density at radius 2 is 1.88 bits per heavy atom. The van der Waals surface area contributed by atoms with E-state index in [0.29, 0.717) is 5.56 Å². The van der Waals surface area contributed by atoms with E-state index in [4.69, 9.17) is 0 Å². The van der Waals surface area contributed by atoms with Crippen LogP contribution in [0.2, 0.25) is 0 Å². The first-order valence-electron chi connectivity index (χ1n) is 5.03. The van der Waals surface area contributed by atoms with E-state index >= 15 is 0 Å². The molecule has 0 aliphatic rings. The molecule has 0 saturated heterocycles. The first kappa shape index (κ1) is 12.6. The first-order chi connectivity index (χ1) is 7.49. The smallest absolute Gasteiger partial charge is 0.309 e. The number of hydrogen-bond donors (Lipinski definition) is 0. The molecule has 0 saturated carbocycles. The predicted octanol–water partition coefficient (Wildman–Crippen LogP) is 2.90. The monoisotopic (exact) mass is 228 g/mol. The third-order valence-electron chi connectivity index (χ3n) is 2.40. The number of hydrogen-bond acceptors (Lipinski definition) is 2. The number of halogens is 2. The van der Waals surface area contributed by atoms with Crippen LogP contribution in [0.4, 0.5) is 8.78 Å². The molecule has 0 heterocycles. The van der Waals surface area contributed by atoms with Gasteiger partial charge in [-0.2, -0.15) is 0 Å². The third-order valence-corrected chi connectivity index (χ3v) is 2.40. The van der Waals surface area contributed by atoms with Gasteiger partial charge < -0.3 is 4.74 Å². The van der Waals surface area contributed by atoms with Crippen LogP contribution in [0.3, 0.4) is 0 Å². The van der Waals surface area contributed by atoms with Crippen LogP contribution in [0.5, 0.6) is 0 Å². The summed E-state index contributed by atoms with van der Waals surface area (Å²) < 4.78 is 31.0. The van der Waals surface area contributed by atoms with Gasteiger partial charge in [-0.15, -0.1) is 0 Å². The minimum atomic E-state index is -2.80. The van der Waals surface area contributed by atoms with Crippen molar-refractivity contribution in [2.45, 2.75) is 25.7 Å². The quantitative estimate of drug-likeness (QED) is 0.741. The van der Waals surface area contributed by atoms with E-state index in [1.54, 1.807) is 0 Å². The predicted molar refractivity (Wildman–Crippen MR) is 56.3 cm³/mol. The fourth-order valence-corrected chi connectivity index (χ4v) is 1.31. The molecule has 0 amide bonds. The van der Waals surface area contributed by atoms with E-state index in [-0.39, 0.29) is 24.4 Å². The summed E-state index contributed by atoms with van der Waals surface area (Å²) in [5.41, 5.74) is 0.645. The van der Waals surface area contributed by atoms with E-state index in [1.165, 1.54) is 38.3 Å². The van der Waals surface area contributed by atoms with Crippen LogP contribution in [0, 0.1) is 0 Å². The van der Waals surface area contributed by atoms with Crippen LogP contribution in [-0.2, 0) is 21.9 Å². The SMILES string of the molecule is CCC(F)(F)c1ccc(CC(=O)OC)cc1. The van der Waals surface area contributed by atoms with Gasteiger partial charge in [0.2, 0.25) is 0 Å². The number of esters is 1. The van der Waals surface area contributed by atoms with Crippen molar-refractivity contribution in [1.29, 1.82) is 0 Å². The zero-order chi connectivity index (χ0) is 12.2. The lowest BCUT2D eigenvalue weighted by Gasteiger charge is -2.14. The summed E-state index contributed by atoms with van der Waals surface area (Å²) in [7, 11) is 1.29. The van der Waals surface area contributed by atoms with Gasteiger partial charge >= 0.3 is 5.97 Å². The summed E-state index contributed by atoms with van der Waals surface area (Å²) in [4.78, 5) is 10.9. The highest BCUT2D eigenvalue weighted by Gasteiger charge is 2.28. The molecule has 4 heteroatoms. The average molecular weight is 228 g/mol. The minimum absolute atomic E-state index is 0.0244. The van der Waals surface area contributed by atoms with Gasteiger partial charge in [0, 0.05) is 12.0 Å². The second kappa shape index (κ2) is 5.05. The fourth-order valence-electron chi connectivity index (χ4n) is 1.31. The van der Waals surface area contributed by atoms with Gasteiger partial charge in [-0.1, -0.05) is 31.2 Å². The molecule has 88 valence electrons. The molecule has 0 unspecified atom stereocenters. The number of rotatable bonds is 4.